The van der Waals surface area contributed by atoms with Crippen molar-refractivity contribution < 1.29 is 9.32 Å². The summed E-state index contributed by atoms with van der Waals surface area (Å²) in [4.78, 5) is 33.2. The number of carbonyl (C=O) groups excluding carboxylic acids is 1. The van der Waals surface area contributed by atoms with Crippen LogP contribution in [0.2, 0.25) is 5.02 Å². The van der Waals surface area contributed by atoms with Crippen molar-refractivity contribution >= 4 is 17.5 Å². The van der Waals surface area contributed by atoms with Gasteiger partial charge in [0.15, 0.2) is 0 Å². The van der Waals surface area contributed by atoms with E-state index < -0.39 is 0 Å². The average molecular weight is 457 g/mol. The summed E-state index contributed by atoms with van der Waals surface area (Å²) in [5.41, 5.74) is 0.962. The highest BCUT2D eigenvalue weighted by atomic mass is 35.5. The molecule has 10 heteroatoms. The fraction of sp³-hybridized carbons (Fsp3) is 0.409. The van der Waals surface area contributed by atoms with Gasteiger partial charge in [-0.2, -0.15) is 10.1 Å². The van der Waals surface area contributed by atoms with Crippen LogP contribution >= 0.6 is 11.6 Å². The number of aryl methyl sites for hydroxylation is 1. The van der Waals surface area contributed by atoms with Gasteiger partial charge in [0, 0.05) is 49.4 Å². The van der Waals surface area contributed by atoms with E-state index >= 15 is 0 Å². The highest BCUT2D eigenvalue weighted by molar-refractivity contribution is 6.30. The smallest absolute Gasteiger partial charge is 0.274 e. The molecule has 1 amide bonds. The van der Waals surface area contributed by atoms with Gasteiger partial charge in [0.05, 0.1) is 6.54 Å². The first kappa shape index (κ1) is 22.2. The lowest BCUT2D eigenvalue weighted by atomic mass is 10.2. The number of aromatic nitrogens is 4. The van der Waals surface area contributed by atoms with Gasteiger partial charge in [-0.25, -0.2) is 4.68 Å². The molecule has 0 unspecified atom stereocenters. The first-order valence-electron chi connectivity index (χ1n) is 10.7. The van der Waals surface area contributed by atoms with Crippen LogP contribution < -0.4 is 5.56 Å². The Morgan fingerprint density at radius 2 is 1.84 bits per heavy atom. The summed E-state index contributed by atoms with van der Waals surface area (Å²) in [7, 11) is 0. The highest BCUT2D eigenvalue weighted by Gasteiger charge is 2.24. The lowest BCUT2D eigenvalue weighted by Crippen LogP contribution is -2.48. The summed E-state index contributed by atoms with van der Waals surface area (Å²) in [6.45, 7) is 5.57. The maximum Gasteiger partial charge on any atom is 0.274 e. The number of piperazine rings is 1. The molecule has 1 saturated heterocycles. The van der Waals surface area contributed by atoms with Crippen molar-refractivity contribution in [2.75, 3.05) is 26.2 Å². The Morgan fingerprint density at radius 3 is 2.56 bits per heavy atom. The van der Waals surface area contributed by atoms with Gasteiger partial charge in [-0.3, -0.25) is 14.5 Å². The topological polar surface area (TPSA) is 97.4 Å². The number of rotatable bonds is 7. The predicted octanol–water partition coefficient (Wildman–Crippen LogP) is 2.70. The number of benzene rings is 1. The Balaban J connectivity index is 1.33. The zero-order valence-corrected chi connectivity index (χ0v) is 18.7. The number of carbonyl (C=O) groups is 1. The van der Waals surface area contributed by atoms with Crippen LogP contribution in [-0.2, 0) is 13.1 Å². The minimum atomic E-state index is -0.183. The molecule has 1 aliphatic rings. The van der Waals surface area contributed by atoms with Gasteiger partial charge in [-0.1, -0.05) is 30.1 Å². The molecule has 1 aliphatic heterocycles. The van der Waals surface area contributed by atoms with E-state index in [4.69, 9.17) is 16.1 Å². The molecular weight excluding hydrogens is 432 g/mol. The number of hydrogen-bond acceptors (Lipinski definition) is 7. The van der Waals surface area contributed by atoms with Crippen molar-refractivity contribution in [3.8, 4) is 11.4 Å². The SMILES string of the molecule is CCCCn1nc(C(=O)N2CCN(Cc3nc(-c4ccc(Cl)cc4)no3)CC2)ccc1=O. The fourth-order valence-electron chi connectivity index (χ4n) is 3.53. The molecule has 0 aliphatic carbocycles. The molecule has 3 heterocycles. The van der Waals surface area contributed by atoms with E-state index in [-0.39, 0.29) is 11.5 Å². The molecule has 0 radical (unpaired) electrons. The van der Waals surface area contributed by atoms with Crippen LogP contribution in [0.15, 0.2) is 45.7 Å². The van der Waals surface area contributed by atoms with Crippen LogP contribution in [0.5, 0.6) is 0 Å². The molecule has 168 valence electrons. The zero-order chi connectivity index (χ0) is 22.5. The third-order valence-electron chi connectivity index (χ3n) is 5.40. The second kappa shape index (κ2) is 10.1. The largest absolute Gasteiger partial charge is 0.338 e. The van der Waals surface area contributed by atoms with Crippen molar-refractivity contribution in [3.63, 3.8) is 0 Å². The van der Waals surface area contributed by atoms with Gasteiger partial charge in [-0.05, 0) is 36.8 Å². The Morgan fingerprint density at radius 1 is 1.09 bits per heavy atom. The molecule has 0 atom stereocenters. The lowest BCUT2D eigenvalue weighted by Gasteiger charge is -2.33. The monoisotopic (exact) mass is 456 g/mol. The summed E-state index contributed by atoms with van der Waals surface area (Å²) >= 11 is 5.92. The van der Waals surface area contributed by atoms with Crippen LogP contribution in [0, 0.1) is 0 Å². The molecule has 9 nitrogen and oxygen atoms in total. The molecule has 1 aromatic carbocycles. The molecule has 32 heavy (non-hydrogen) atoms. The molecule has 2 aromatic heterocycles. The molecule has 4 rings (SSSR count). The highest BCUT2D eigenvalue weighted by Crippen LogP contribution is 2.19. The summed E-state index contributed by atoms with van der Waals surface area (Å²) in [6.07, 6.45) is 1.80. The first-order valence-corrected chi connectivity index (χ1v) is 11.1. The van der Waals surface area contributed by atoms with E-state index in [1.54, 1.807) is 17.0 Å². The predicted molar refractivity (Wildman–Crippen MR) is 119 cm³/mol. The molecule has 0 N–H and O–H groups in total. The lowest BCUT2D eigenvalue weighted by molar-refractivity contribution is 0.0606. The minimum Gasteiger partial charge on any atom is -0.338 e. The van der Waals surface area contributed by atoms with E-state index in [0.717, 1.165) is 18.4 Å². The quantitative estimate of drug-likeness (QED) is 0.539. The minimum absolute atomic E-state index is 0.155. The van der Waals surface area contributed by atoms with Crippen molar-refractivity contribution in [3.05, 3.63) is 63.4 Å². The van der Waals surface area contributed by atoms with Crippen molar-refractivity contribution in [1.29, 1.82) is 0 Å². The van der Waals surface area contributed by atoms with Gasteiger partial charge in [0.2, 0.25) is 11.7 Å². The number of amides is 1. The Labute approximate surface area is 190 Å². The summed E-state index contributed by atoms with van der Waals surface area (Å²) in [6, 6.07) is 10.2. The van der Waals surface area contributed by atoms with Gasteiger partial charge in [-0.15, -0.1) is 0 Å². The number of halogens is 1. The van der Waals surface area contributed by atoms with E-state index in [9.17, 15) is 9.59 Å². The first-order chi connectivity index (χ1) is 15.5. The molecular formula is C22H25ClN6O3. The summed E-state index contributed by atoms with van der Waals surface area (Å²) < 4.78 is 6.77. The van der Waals surface area contributed by atoms with Crippen molar-refractivity contribution in [2.45, 2.75) is 32.9 Å². The van der Waals surface area contributed by atoms with Gasteiger partial charge < -0.3 is 9.42 Å². The van der Waals surface area contributed by atoms with E-state index in [0.29, 0.717) is 61.7 Å². The Bertz CT molecular complexity index is 1120. The second-order valence-corrected chi connectivity index (χ2v) is 8.16. The van der Waals surface area contributed by atoms with Crippen LogP contribution in [0.1, 0.15) is 36.1 Å². The van der Waals surface area contributed by atoms with Crippen LogP contribution in [0.4, 0.5) is 0 Å². The molecule has 0 bridgehead atoms. The molecule has 3 aromatic rings. The van der Waals surface area contributed by atoms with Crippen molar-refractivity contribution in [2.24, 2.45) is 0 Å². The Kier molecular flexibility index (Phi) is 6.96. The maximum atomic E-state index is 12.9. The van der Waals surface area contributed by atoms with Gasteiger partial charge >= 0.3 is 0 Å². The second-order valence-electron chi connectivity index (χ2n) is 7.72. The normalized spacial score (nSPS) is 14.6. The Hall–Kier alpha value is -3.04. The fourth-order valence-corrected chi connectivity index (χ4v) is 3.65. The summed E-state index contributed by atoms with van der Waals surface area (Å²) in [5.74, 6) is 0.895. The van der Waals surface area contributed by atoms with E-state index in [2.05, 4.69) is 20.1 Å². The number of hydrogen-bond donors (Lipinski definition) is 0. The van der Waals surface area contributed by atoms with Crippen LogP contribution in [0.3, 0.4) is 0 Å². The van der Waals surface area contributed by atoms with Gasteiger partial charge in [0.25, 0.3) is 11.5 Å². The van der Waals surface area contributed by atoms with Crippen molar-refractivity contribution in [1.82, 2.24) is 29.7 Å². The van der Waals surface area contributed by atoms with E-state index in [1.807, 2.05) is 19.1 Å². The van der Waals surface area contributed by atoms with Gasteiger partial charge in [0.1, 0.15) is 5.69 Å². The molecule has 0 saturated carbocycles. The third kappa shape index (κ3) is 5.23. The third-order valence-corrected chi connectivity index (χ3v) is 5.65. The van der Waals surface area contributed by atoms with Crippen LogP contribution in [-0.4, -0.2) is 61.8 Å². The van der Waals surface area contributed by atoms with E-state index in [1.165, 1.54) is 16.8 Å². The number of nitrogens with zero attached hydrogens (tertiary/aromatic N) is 6. The maximum absolute atomic E-state index is 12.9. The average Bonchev–Trinajstić information content (AvgIpc) is 3.27. The molecule has 1 fully saturated rings. The standard InChI is InChI=1S/C22H25ClN6O3/c1-2-3-10-29-20(30)9-8-18(25-29)22(31)28-13-11-27(12-14-28)15-19-24-21(26-32-19)16-4-6-17(23)7-5-16/h4-9H,2-3,10-15H2,1H3. The summed E-state index contributed by atoms with van der Waals surface area (Å²) in [5, 5.41) is 8.96. The molecule has 0 spiro atoms. The zero-order valence-electron chi connectivity index (χ0n) is 17.9. The van der Waals surface area contributed by atoms with Crippen LogP contribution in [0.25, 0.3) is 11.4 Å². The number of unbranched alkanes of at least 4 members (excludes halogenated alkanes) is 1.